The Bertz CT molecular complexity index is 846. The number of anilines is 1. The molecule has 1 saturated heterocycles. The molecule has 6 nitrogen and oxygen atoms in total. The highest BCUT2D eigenvalue weighted by Gasteiger charge is 2.35. The van der Waals surface area contributed by atoms with Crippen LogP contribution in [0.3, 0.4) is 0 Å². The summed E-state index contributed by atoms with van der Waals surface area (Å²) in [6.45, 7) is 1.46. The lowest BCUT2D eigenvalue weighted by Crippen LogP contribution is -2.35. The molecule has 1 aromatic carbocycles. The molecule has 1 aliphatic carbocycles. The van der Waals surface area contributed by atoms with Gasteiger partial charge in [0.05, 0.1) is 18.7 Å². The molecular weight excluding hydrogens is 347 g/mol. The lowest BCUT2D eigenvalue weighted by molar-refractivity contribution is -0.126. The van der Waals surface area contributed by atoms with Gasteiger partial charge in [0.25, 0.3) is 0 Å². The molecule has 0 radical (unpaired) electrons. The Kier molecular flexibility index (Phi) is 4.92. The third-order valence-corrected chi connectivity index (χ3v) is 5.40. The van der Waals surface area contributed by atoms with Crippen molar-refractivity contribution >= 4 is 17.5 Å². The van der Waals surface area contributed by atoms with Crippen LogP contribution in [0.1, 0.15) is 30.5 Å². The summed E-state index contributed by atoms with van der Waals surface area (Å²) in [4.78, 5) is 26.2. The number of halogens is 1. The van der Waals surface area contributed by atoms with E-state index in [1.165, 1.54) is 36.2 Å². The van der Waals surface area contributed by atoms with Gasteiger partial charge in [0, 0.05) is 30.9 Å². The summed E-state index contributed by atoms with van der Waals surface area (Å²) in [6.07, 6.45) is 6.66. The number of nitrogens with zero attached hydrogens (tertiary/aromatic N) is 3. The molecule has 1 fully saturated rings. The zero-order valence-corrected chi connectivity index (χ0v) is 15.2. The van der Waals surface area contributed by atoms with Gasteiger partial charge >= 0.3 is 0 Å². The number of nitrogens with one attached hydrogen (secondary N) is 1. The second kappa shape index (κ2) is 7.50. The van der Waals surface area contributed by atoms with Crippen molar-refractivity contribution in [1.82, 2.24) is 15.1 Å². The molecule has 0 saturated carbocycles. The highest BCUT2D eigenvalue weighted by molar-refractivity contribution is 6.00. The lowest BCUT2D eigenvalue weighted by atomic mass is 9.98. The Morgan fingerprint density at radius 2 is 2.00 bits per heavy atom. The molecule has 142 valence electrons. The van der Waals surface area contributed by atoms with E-state index in [9.17, 15) is 14.0 Å². The van der Waals surface area contributed by atoms with E-state index in [0.29, 0.717) is 25.3 Å². The fourth-order valence-corrected chi connectivity index (χ4v) is 3.93. The number of aromatic nitrogens is 2. The minimum absolute atomic E-state index is 0.108. The molecule has 2 amide bonds. The summed E-state index contributed by atoms with van der Waals surface area (Å²) in [5.74, 6) is -0.952. The number of benzene rings is 1. The van der Waals surface area contributed by atoms with Crippen molar-refractivity contribution in [2.75, 3.05) is 18.0 Å². The van der Waals surface area contributed by atoms with E-state index in [1.54, 1.807) is 17.0 Å². The molecule has 1 aromatic heterocycles. The van der Waals surface area contributed by atoms with Crippen LogP contribution >= 0.6 is 0 Å². The first-order chi connectivity index (χ1) is 13.1. The highest BCUT2D eigenvalue weighted by atomic mass is 19.1. The maximum atomic E-state index is 13.1. The van der Waals surface area contributed by atoms with Gasteiger partial charge in [-0.3, -0.25) is 14.3 Å². The predicted octanol–water partition coefficient (Wildman–Crippen LogP) is 2.07. The number of hydrogen-bond donors (Lipinski definition) is 1. The van der Waals surface area contributed by atoms with Crippen LogP contribution in [0, 0.1) is 11.7 Å². The molecule has 1 N–H and O–H groups in total. The summed E-state index contributed by atoms with van der Waals surface area (Å²) in [7, 11) is 0. The van der Waals surface area contributed by atoms with Crippen molar-refractivity contribution in [3.63, 3.8) is 0 Å². The molecule has 0 spiro atoms. The topological polar surface area (TPSA) is 67.2 Å². The largest absolute Gasteiger partial charge is 0.354 e. The van der Waals surface area contributed by atoms with E-state index >= 15 is 0 Å². The molecule has 27 heavy (non-hydrogen) atoms. The van der Waals surface area contributed by atoms with Crippen LogP contribution in [0.25, 0.3) is 0 Å². The van der Waals surface area contributed by atoms with Gasteiger partial charge in [-0.1, -0.05) is 0 Å². The Balaban J connectivity index is 1.31. The molecule has 2 heterocycles. The van der Waals surface area contributed by atoms with E-state index in [2.05, 4.69) is 10.4 Å². The lowest BCUT2D eigenvalue weighted by Gasteiger charge is -2.17. The Hall–Kier alpha value is -2.70. The minimum atomic E-state index is -0.380. The average Bonchev–Trinajstić information content (AvgIpc) is 3.26. The Morgan fingerprint density at radius 1 is 1.22 bits per heavy atom. The van der Waals surface area contributed by atoms with Crippen LogP contribution < -0.4 is 10.2 Å². The third-order valence-electron chi connectivity index (χ3n) is 5.40. The first kappa shape index (κ1) is 17.7. The normalized spacial score (nSPS) is 19.2. The summed E-state index contributed by atoms with van der Waals surface area (Å²) in [6, 6.07) is 5.77. The number of aryl methyl sites for hydroxylation is 1. The molecule has 7 heteroatoms. The average molecular weight is 370 g/mol. The standard InChI is InChI=1S/C20H23FN4O2/c21-16-5-7-17(8-6-16)24-13-15(11-19(24)26)20(27)22-9-10-25-18-4-2-1-3-14(18)12-23-25/h5-8,12,15H,1-4,9-11,13H2,(H,22,27). The SMILES string of the molecule is O=C(NCCn1ncc2c1CCCC2)C1CC(=O)N(c2ccc(F)cc2)C1. The highest BCUT2D eigenvalue weighted by Crippen LogP contribution is 2.25. The first-order valence-electron chi connectivity index (χ1n) is 9.49. The van der Waals surface area contributed by atoms with Crippen LogP contribution in [-0.4, -0.2) is 34.7 Å². The molecule has 2 aliphatic rings. The van der Waals surface area contributed by atoms with Crippen molar-refractivity contribution in [1.29, 1.82) is 0 Å². The van der Waals surface area contributed by atoms with E-state index in [4.69, 9.17) is 0 Å². The second-order valence-electron chi connectivity index (χ2n) is 7.22. The van der Waals surface area contributed by atoms with Crippen LogP contribution in [-0.2, 0) is 29.0 Å². The summed E-state index contributed by atoms with van der Waals surface area (Å²) >= 11 is 0. The van der Waals surface area contributed by atoms with Gasteiger partial charge in [0.1, 0.15) is 5.82 Å². The van der Waals surface area contributed by atoms with E-state index in [0.717, 1.165) is 12.8 Å². The zero-order chi connectivity index (χ0) is 18.8. The Morgan fingerprint density at radius 3 is 2.81 bits per heavy atom. The number of carbonyl (C=O) groups excluding carboxylic acids is 2. The van der Waals surface area contributed by atoms with Gasteiger partial charge in [0.15, 0.2) is 0 Å². The Labute approximate surface area is 157 Å². The van der Waals surface area contributed by atoms with Gasteiger partial charge in [-0.15, -0.1) is 0 Å². The number of hydrogen-bond acceptors (Lipinski definition) is 3. The van der Waals surface area contributed by atoms with E-state index < -0.39 is 0 Å². The second-order valence-corrected chi connectivity index (χ2v) is 7.22. The number of fused-ring (bicyclic) bond motifs is 1. The van der Waals surface area contributed by atoms with Crippen molar-refractivity contribution in [2.45, 2.75) is 38.6 Å². The van der Waals surface area contributed by atoms with Gasteiger partial charge < -0.3 is 10.2 Å². The van der Waals surface area contributed by atoms with E-state index in [1.807, 2.05) is 10.9 Å². The van der Waals surface area contributed by atoms with Crippen LogP contribution in [0.15, 0.2) is 30.5 Å². The quantitative estimate of drug-likeness (QED) is 0.876. The third kappa shape index (κ3) is 3.72. The first-order valence-corrected chi connectivity index (χ1v) is 9.49. The number of carbonyl (C=O) groups is 2. The molecule has 1 atom stereocenters. The maximum absolute atomic E-state index is 13.1. The maximum Gasteiger partial charge on any atom is 0.227 e. The fraction of sp³-hybridized carbons (Fsp3) is 0.450. The summed E-state index contributed by atoms with van der Waals surface area (Å²) < 4.78 is 15.0. The zero-order valence-electron chi connectivity index (χ0n) is 15.2. The summed E-state index contributed by atoms with van der Waals surface area (Å²) in [5, 5.41) is 7.37. The van der Waals surface area contributed by atoms with Gasteiger partial charge in [-0.05, 0) is 55.5 Å². The van der Waals surface area contributed by atoms with Crippen molar-refractivity contribution in [3.8, 4) is 0 Å². The predicted molar refractivity (Wildman–Crippen MR) is 98.7 cm³/mol. The number of amides is 2. The molecule has 0 bridgehead atoms. The van der Waals surface area contributed by atoms with Gasteiger partial charge in [-0.25, -0.2) is 4.39 Å². The molecule has 4 rings (SSSR count). The van der Waals surface area contributed by atoms with Gasteiger partial charge in [-0.2, -0.15) is 5.10 Å². The van der Waals surface area contributed by atoms with Crippen LogP contribution in [0.2, 0.25) is 0 Å². The van der Waals surface area contributed by atoms with E-state index in [-0.39, 0.29) is 30.0 Å². The molecular formula is C20H23FN4O2. The van der Waals surface area contributed by atoms with Crippen LogP contribution in [0.5, 0.6) is 0 Å². The van der Waals surface area contributed by atoms with Crippen LogP contribution in [0.4, 0.5) is 10.1 Å². The van der Waals surface area contributed by atoms with Crippen molar-refractivity contribution in [3.05, 3.63) is 47.5 Å². The van der Waals surface area contributed by atoms with Crippen molar-refractivity contribution in [2.24, 2.45) is 5.92 Å². The number of rotatable bonds is 5. The summed E-state index contributed by atoms with van der Waals surface area (Å²) in [5.41, 5.74) is 3.23. The fourth-order valence-electron chi connectivity index (χ4n) is 3.93. The smallest absolute Gasteiger partial charge is 0.227 e. The van der Waals surface area contributed by atoms with Gasteiger partial charge in [0.2, 0.25) is 11.8 Å². The van der Waals surface area contributed by atoms with Crippen molar-refractivity contribution < 1.29 is 14.0 Å². The molecule has 1 unspecified atom stereocenters. The molecule has 2 aromatic rings. The molecule has 1 aliphatic heterocycles. The monoisotopic (exact) mass is 370 g/mol. The minimum Gasteiger partial charge on any atom is -0.354 e.